The van der Waals surface area contributed by atoms with Gasteiger partial charge in [-0.1, -0.05) is 34.9 Å². The predicted molar refractivity (Wildman–Crippen MR) is 130 cm³/mol. The maximum atomic E-state index is 13.4. The maximum Gasteiger partial charge on any atom is 0.316 e. The van der Waals surface area contributed by atoms with Gasteiger partial charge in [-0.2, -0.15) is 0 Å². The summed E-state index contributed by atoms with van der Waals surface area (Å²) in [6.45, 7) is 3.52. The number of carbonyl (C=O) groups excluding carboxylic acids is 2. The standard InChI is InChI=1S/C25H24ClF2N5O3/c1-13-19(29-24-32-31-23(36-24)14-3-6-16(7-4-14)25(2,27)28)12-33(13)20-9-5-15(11-18(20)26)17-8-10-21(34)30-22(17)35/h3-7,9,11,13,17,19H,8,10,12H2,1-2H3,(H,29,32)(H,30,34,35)/t13-,17?,19+/m1/s1. The van der Waals surface area contributed by atoms with Crippen molar-refractivity contribution in [3.05, 3.63) is 58.6 Å². The molecule has 3 atom stereocenters. The molecule has 2 aliphatic heterocycles. The van der Waals surface area contributed by atoms with Crippen LogP contribution in [0.25, 0.3) is 11.5 Å². The first-order chi connectivity index (χ1) is 17.1. The van der Waals surface area contributed by atoms with E-state index in [1.807, 2.05) is 19.1 Å². The number of carbonyl (C=O) groups is 2. The minimum atomic E-state index is -2.92. The first-order valence-electron chi connectivity index (χ1n) is 11.6. The van der Waals surface area contributed by atoms with E-state index in [0.717, 1.165) is 18.2 Å². The fourth-order valence-corrected chi connectivity index (χ4v) is 4.84. The number of nitrogens with zero attached hydrogens (tertiary/aromatic N) is 3. The quantitative estimate of drug-likeness (QED) is 0.458. The van der Waals surface area contributed by atoms with Gasteiger partial charge >= 0.3 is 6.01 Å². The van der Waals surface area contributed by atoms with Crippen molar-refractivity contribution in [2.24, 2.45) is 0 Å². The van der Waals surface area contributed by atoms with Crippen molar-refractivity contribution in [3.8, 4) is 11.5 Å². The second kappa shape index (κ2) is 9.16. The Labute approximate surface area is 211 Å². The van der Waals surface area contributed by atoms with Crippen molar-refractivity contribution < 1.29 is 22.8 Å². The molecule has 2 saturated heterocycles. The average molecular weight is 516 g/mol. The Bertz CT molecular complexity index is 1310. The largest absolute Gasteiger partial charge is 0.403 e. The molecule has 0 saturated carbocycles. The van der Waals surface area contributed by atoms with Crippen molar-refractivity contribution in [1.29, 1.82) is 0 Å². The van der Waals surface area contributed by atoms with Crippen LogP contribution in [0.3, 0.4) is 0 Å². The average Bonchev–Trinajstić information content (AvgIpc) is 3.30. The second-order valence-electron chi connectivity index (χ2n) is 9.24. The molecule has 2 fully saturated rings. The molecule has 2 N–H and O–H groups in total. The van der Waals surface area contributed by atoms with Crippen LogP contribution < -0.4 is 15.5 Å². The van der Waals surface area contributed by atoms with E-state index in [2.05, 4.69) is 25.7 Å². The maximum absolute atomic E-state index is 13.4. The van der Waals surface area contributed by atoms with Gasteiger partial charge < -0.3 is 14.6 Å². The number of anilines is 2. The van der Waals surface area contributed by atoms with Gasteiger partial charge in [0.1, 0.15) is 0 Å². The Morgan fingerprint density at radius 1 is 1.17 bits per heavy atom. The Morgan fingerprint density at radius 3 is 2.56 bits per heavy atom. The lowest BCUT2D eigenvalue weighted by atomic mass is 9.90. The number of imide groups is 1. The van der Waals surface area contributed by atoms with Gasteiger partial charge in [0.25, 0.3) is 5.92 Å². The van der Waals surface area contributed by atoms with Crippen LogP contribution in [-0.4, -0.2) is 40.6 Å². The molecule has 0 spiro atoms. The lowest BCUT2D eigenvalue weighted by Crippen LogP contribution is -2.62. The van der Waals surface area contributed by atoms with Crippen LogP contribution in [0.4, 0.5) is 20.5 Å². The number of amides is 2. The summed E-state index contributed by atoms with van der Waals surface area (Å²) in [6, 6.07) is 11.6. The van der Waals surface area contributed by atoms with Crippen LogP contribution in [0.1, 0.15) is 43.7 Å². The first kappa shape index (κ1) is 24.2. The number of halogens is 3. The lowest BCUT2D eigenvalue weighted by molar-refractivity contribution is -0.134. The molecule has 0 radical (unpaired) electrons. The second-order valence-corrected chi connectivity index (χ2v) is 9.64. The molecular formula is C25H24ClF2N5O3. The van der Waals surface area contributed by atoms with Gasteiger partial charge in [-0.3, -0.25) is 14.9 Å². The zero-order valence-electron chi connectivity index (χ0n) is 19.6. The van der Waals surface area contributed by atoms with Gasteiger partial charge in [0.05, 0.1) is 22.7 Å². The zero-order valence-corrected chi connectivity index (χ0v) is 20.4. The van der Waals surface area contributed by atoms with E-state index in [0.29, 0.717) is 30.0 Å². The number of aromatic nitrogens is 2. The van der Waals surface area contributed by atoms with Crippen molar-refractivity contribution in [3.63, 3.8) is 0 Å². The molecular weight excluding hydrogens is 492 g/mol. The minimum Gasteiger partial charge on any atom is -0.403 e. The molecule has 1 unspecified atom stereocenters. The van der Waals surface area contributed by atoms with E-state index in [9.17, 15) is 18.4 Å². The van der Waals surface area contributed by atoms with Gasteiger partial charge in [-0.15, -0.1) is 5.10 Å². The number of hydrogen-bond donors (Lipinski definition) is 2. The smallest absolute Gasteiger partial charge is 0.316 e. The molecule has 11 heteroatoms. The first-order valence-corrected chi connectivity index (χ1v) is 12.0. The molecule has 8 nitrogen and oxygen atoms in total. The van der Waals surface area contributed by atoms with Gasteiger partial charge in [0.2, 0.25) is 17.7 Å². The molecule has 3 aromatic rings. The molecule has 2 aromatic carbocycles. The van der Waals surface area contributed by atoms with Crippen LogP contribution in [0, 0.1) is 0 Å². The third-order valence-electron chi connectivity index (χ3n) is 6.76. The monoisotopic (exact) mass is 515 g/mol. The zero-order chi connectivity index (χ0) is 25.6. The highest BCUT2D eigenvalue weighted by Gasteiger charge is 2.38. The molecule has 5 rings (SSSR count). The molecule has 1 aromatic heterocycles. The van der Waals surface area contributed by atoms with Crippen molar-refractivity contribution >= 4 is 35.1 Å². The Balaban J connectivity index is 1.21. The van der Waals surface area contributed by atoms with Crippen LogP contribution in [0.5, 0.6) is 0 Å². The Hall–Kier alpha value is -3.53. The molecule has 2 aliphatic rings. The van der Waals surface area contributed by atoms with Crippen molar-refractivity contribution in [2.75, 3.05) is 16.8 Å². The molecule has 2 amide bonds. The predicted octanol–water partition coefficient (Wildman–Crippen LogP) is 4.71. The van der Waals surface area contributed by atoms with E-state index >= 15 is 0 Å². The van der Waals surface area contributed by atoms with Crippen molar-refractivity contribution in [1.82, 2.24) is 15.5 Å². The minimum absolute atomic E-state index is 0.0188. The highest BCUT2D eigenvalue weighted by atomic mass is 35.5. The summed E-state index contributed by atoms with van der Waals surface area (Å²) >= 11 is 6.57. The summed E-state index contributed by atoms with van der Waals surface area (Å²) in [5.74, 6) is -3.62. The summed E-state index contributed by atoms with van der Waals surface area (Å²) in [6.07, 6.45) is 0.775. The number of rotatable bonds is 6. The Morgan fingerprint density at radius 2 is 1.92 bits per heavy atom. The number of benzene rings is 2. The fraction of sp³-hybridized carbons (Fsp3) is 0.360. The third-order valence-corrected chi connectivity index (χ3v) is 7.07. The lowest BCUT2D eigenvalue weighted by Gasteiger charge is -2.48. The topological polar surface area (TPSA) is 100 Å². The summed E-state index contributed by atoms with van der Waals surface area (Å²) in [5, 5.41) is 14.2. The van der Waals surface area contributed by atoms with E-state index in [1.54, 1.807) is 6.07 Å². The molecule has 36 heavy (non-hydrogen) atoms. The van der Waals surface area contributed by atoms with Gasteiger partial charge in [0.15, 0.2) is 0 Å². The highest BCUT2D eigenvalue weighted by Crippen LogP contribution is 2.37. The highest BCUT2D eigenvalue weighted by molar-refractivity contribution is 6.33. The summed E-state index contributed by atoms with van der Waals surface area (Å²) < 4.78 is 32.5. The van der Waals surface area contributed by atoms with Crippen LogP contribution >= 0.6 is 11.6 Å². The summed E-state index contributed by atoms with van der Waals surface area (Å²) in [7, 11) is 0. The van der Waals surface area contributed by atoms with E-state index < -0.39 is 5.92 Å². The van der Waals surface area contributed by atoms with Gasteiger partial charge in [0, 0.05) is 37.1 Å². The number of hydrogen-bond acceptors (Lipinski definition) is 7. The normalized spacial score (nSPS) is 22.2. The van der Waals surface area contributed by atoms with E-state index in [-0.39, 0.29) is 47.3 Å². The van der Waals surface area contributed by atoms with Crippen LogP contribution in [-0.2, 0) is 15.5 Å². The SMILES string of the molecule is C[C@@H]1[C@@H](Nc2nnc(-c3ccc(C(C)(F)F)cc3)o2)CN1c1ccc(C2CCC(=O)NC2=O)cc1Cl. The van der Waals surface area contributed by atoms with Gasteiger partial charge in [-0.25, -0.2) is 8.78 Å². The van der Waals surface area contributed by atoms with Crippen LogP contribution in [0.2, 0.25) is 5.02 Å². The summed E-state index contributed by atoms with van der Waals surface area (Å²) in [5.41, 5.74) is 2.09. The summed E-state index contributed by atoms with van der Waals surface area (Å²) in [4.78, 5) is 25.7. The third kappa shape index (κ3) is 4.65. The van der Waals surface area contributed by atoms with Crippen LogP contribution in [0.15, 0.2) is 46.9 Å². The van der Waals surface area contributed by atoms with Crippen molar-refractivity contribution in [2.45, 2.75) is 50.6 Å². The fourth-order valence-electron chi connectivity index (χ4n) is 4.54. The molecule has 3 heterocycles. The number of nitrogens with one attached hydrogen (secondary N) is 2. The molecule has 0 aliphatic carbocycles. The van der Waals surface area contributed by atoms with Gasteiger partial charge in [-0.05, 0) is 43.2 Å². The number of alkyl halides is 2. The molecule has 0 bridgehead atoms. The van der Waals surface area contributed by atoms with E-state index in [4.69, 9.17) is 16.0 Å². The van der Waals surface area contributed by atoms with E-state index in [1.165, 1.54) is 24.3 Å². The Kier molecular flexibility index (Phi) is 6.15. The number of piperidine rings is 1. The molecule has 188 valence electrons.